The molecule has 2 N–H and O–H groups in total. The molecule has 0 aliphatic carbocycles. The molecular formula is C16H22O8. The van der Waals surface area contributed by atoms with Crippen LogP contribution in [0.4, 0.5) is 0 Å². The van der Waals surface area contributed by atoms with Crippen LogP contribution in [0, 0.1) is 0 Å². The van der Waals surface area contributed by atoms with E-state index in [-0.39, 0.29) is 0 Å². The summed E-state index contributed by atoms with van der Waals surface area (Å²) in [4.78, 5) is 33.3. The van der Waals surface area contributed by atoms with Crippen molar-refractivity contribution in [2.24, 2.45) is 0 Å². The highest BCUT2D eigenvalue weighted by Gasteiger charge is 2.32. The van der Waals surface area contributed by atoms with Crippen LogP contribution in [0.1, 0.15) is 27.2 Å². The zero-order valence-electron chi connectivity index (χ0n) is 13.7. The van der Waals surface area contributed by atoms with Crippen molar-refractivity contribution in [3.63, 3.8) is 0 Å². The molecule has 0 radical (unpaired) electrons. The number of ether oxygens (including phenoxy) is 3. The molecule has 0 spiro atoms. The Balaban J connectivity index is 2.79. The van der Waals surface area contributed by atoms with Gasteiger partial charge in [-0.3, -0.25) is 9.59 Å². The van der Waals surface area contributed by atoms with Gasteiger partial charge in [0.15, 0.2) is 0 Å². The lowest BCUT2D eigenvalue weighted by Crippen LogP contribution is -2.45. The zero-order valence-corrected chi connectivity index (χ0v) is 13.7. The highest BCUT2D eigenvalue weighted by molar-refractivity contribution is 5.82. The fraction of sp³-hybridized carbons (Fsp3) is 0.562. The van der Waals surface area contributed by atoms with Crippen LogP contribution in [0.5, 0.6) is 0 Å². The van der Waals surface area contributed by atoms with Crippen LogP contribution in [0.15, 0.2) is 24.3 Å². The molecule has 1 rings (SSSR count). The molecular weight excluding hydrogens is 320 g/mol. The Morgan fingerprint density at radius 3 is 2.42 bits per heavy atom. The molecule has 0 fully saturated rings. The average Bonchev–Trinajstić information content (AvgIpc) is 2.49. The quantitative estimate of drug-likeness (QED) is 0.377. The van der Waals surface area contributed by atoms with E-state index in [1.54, 1.807) is 6.08 Å². The van der Waals surface area contributed by atoms with Crippen LogP contribution < -0.4 is 0 Å². The maximum Gasteiger partial charge on any atom is 0.331 e. The summed E-state index contributed by atoms with van der Waals surface area (Å²) in [7, 11) is 0. The summed E-state index contributed by atoms with van der Waals surface area (Å²) in [6.07, 6.45) is 0.399. The van der Waals surface area contributed by atoms with E-state index < -0.39 is 48.4 Å². The Morgan fingerprint density at radius 2 is 1.88 bits per heavy atom. The van der Waals surface area contributed by atoms with Gasteiger partial charge >= 0.3 is 17.9 Å². The third-order valence-electron chi connectivity index (χ3n) is 3.23. The second-order valence-electron chi connectivity index (χ2n) is 5.37. The van der Waals surface area contributed by atoms with Gasteiger partial charge in [-0.25, -0.2) is 4.79 Å². The summed E-state index contributed by atoms with van der Waals surface area (Å²) >= 11 is 0. The van der Waals surface area contributed by atoms with Gasteiger partial charge in [0, 0.05) is 26.3 Å². The molecule has 134 valence electrons. The lowest BCUT2D eigenvalue weighted by molar-refractivity contribution is -0.167. The van der Waals surface area contributed by atoms with Gasteiger partial charge in [-0.2, -0.15) is 0 Å². The van der Waals surface area contributed by atoms with Crippen molar-refractivity contribution in [1.82, 2.24) is 0 Å². The topological polar surface area (TPSA) is 119 Å². The van der Waals surface area contributed by atoms with Gasteiger partial charge in [0.2, 0.25) is 0 Å². The van der Waals surface area contributed by atoms with Crippen LogP contribution in [0.3, 0.4) is 0 Å². The predicted molar refractivity (Wildman–Crippen MR) is 81.6 cm³/mol. The number of hydrogen-bond donors (Lipinski definition) is 2. The minimum atomic E-state index is -1.53. The van der Waals surface area contributed by atoms with E-state index >= 15 is 0 Å². The first-order chi connectivity index (χ1) is 11.2. The molecule has 0 aromatic rings. The van der Waals surface area contributed by atoms with E-state index in [0.29, 0.717) is 6.42 Å². The second kappa shape index (κ2) is 9.19. The Labute approximate surface area is 139 Å². The smallest absolute Gasteiger partial charge is 0.331 e. The van der Waals surface area contributed by atoms with Crippen LogP contribution in [0.2, 0.25) is 0 Å². The van der Waals surface area contributed by atoms with Crippen molar-refractivity contribution in [3.8, 4) is 0 Å². The summed E-state index contributed by atoms with van der Waals surface area (Å²) in [5, 5.41) is 20.2. The molecule has 0 bridgehead atoms. The Morgan fingerprint density at radius 1 is 1.25 bits per heavy atom. The number of cyclic esters (lactones) is 1. The van der Waals surface area contributed by atoms with Crippen LogP contribution in [-0.4, -0.2) is 58.6 Å². The van der Waals surface area contributed by atoms with Crippen molar-refractivity contribution in [2.75, 3.05) is 0 Å². The standard InChI is InChI=1S/C16H22O8/c1-9(22-10(2)17)15(20)16(21)13(23-11(3)18)8-7-12-5-4-6-14(19)24-12/h4,6-9,12-13,15-16,20-21H,5H2,1-3H3/b8-7-/t9-,12+,13+,15-,16+/m0/s1. The first-order valence-corrected chi connectivity index (χ1v) is 7.46. The molecule has 0 amide bonds. The van der Waals surface area contributed by atoms with Crippen molar-refractivity contribution in [2.45, 2.75) is 57.7 Å². The molecule has 0 saturated heterocycles. The third kappa shape index (κ3) is 6.51. The summed E-state index contributed by atoms with van der Waals surface area (Å²) in [5.41, 5.74) is 0. The van der Waals surface area contributed by atoms with Gasteiger partial charge < -0.3 is 24.4 Å². The van der Waals surface area contributed by atoms with Gasteiger partial charge in [-0.05, 0) is 19.1 Å². The van der Waals surface area contributed by atoms with Crippen molar-refractivity contribution in [3.05, 3.63) is 24.3 Å². The van der Waals surface area contributed by atoms with E-state index in [4.69, 9.17) is 14.2 Å². The molecule has 8 nitrogen and oxygen atoms in total. The Bertz CT molecular complexity index is 524. The number of aliphatic hydroxyl groups is 2. The lowest BCUT2D eigenvalue weighted by Gasteiger charge is -2.28. The molecule has 8 heteroatoms. The largest absolute Gasteiger partial charge is 0.460 e. The normalized spacial score (nSPS) is 22.4. The van der Waals surface area contributed by atoms with Crippen molar-refractivity contribution < 1.29 is 38.8 Å². The zero-order chi connectivity index (χ0) is 18.3. The number of carbonyl (C=O) groups excluding carboxylic acids is 3. The van der Waals surface area contributed by atoms with Crippen molar-refractivity contribution in [1.29, 1.82) is 0 Å². The number of rotatable bonds is 7. The van der Waals surface area contributed by atoms with Gasteiger partial charge in [0.25, 0.3) is 0 Å². The summed E-state index contributed by atoms with van der Waals surface area (Å²) < 4.78 is 14.8. The third-order valence-corrected chi connectivity index (χ3v) is 3.23. The fourth-order valence-electron chi connectivity index (χ4n) is 2.10. The molecule has 5 atom stereocenters. The van der Waals surface area contributed by atoms with E-state index in [1.807, 2.05) is 0 Å². The maximum absolute atomic E-state index is 11.2. The number of carbonyl (C=O) groups is 3. The van der Waals surface area contributed by atoms with Gasteiger partial charge in [0.1, 0.15) is 30.5 Å². The molecule has 0 saturated carbocycles. The first kappa shape index (κ1) is 19.9. The minimum absolute atomic E-state index is 0.442. The number of esters is 3. The van der Waals surface area contributed by atoms with E-state index in [2.05, 4.69) is 0 Å². The maximum atomic E-state index is 11.2. The van der Waals surface area contributed by atoms with Gasteiger partial charge in [-0.1, -0.05) is 6.08 Å². The van der Waals surface area contributed by atoms with Crippen LogP contribution in [0.25, 0.3) is 0 Å². The van der Waals surface area contributed by atoms with E-state index in [9.17, 15) is 24.6 Å². The van der Waals surface area contributed by atoms with Crippen LogP contribution >= 0.6 is 0 Å². The SMILES string of the molecule is CC(=O)O[C@@H](C)[C@H](O)[C@H](O)[C@@H](/C=C\[C@H]1CC=CC(=O)O1)OC(C)=O. The summed E-state index contributed by atoms with van der Waals surface area (Å²) in [6.45, 7) is 3.72. The van der Waals surface area contributed by atoms with Crippen molar-refractivity contribution >= 4 is 17.9 Å². The van der Waals surface area contributed by atoms with Gasteiger partial charge in [-0.15, -0.1) is 0 Å². The summed E-state index contributed by atoms with van der Waals surface area (Å²) in [5.74, 6) is -1.78. The fourth-order valence-corrected chi connectivity index (χ4v) is 2.10. The molecule has 0 aromatic heterocycles. The second-order valence-corrected chi connectivity index (χ2v) is 5.37. The molecule has 24 heavy (non-hydrogen) atoms. The molecule has 1 heterocycles. The monoisotopic (exact) mass is 342 g/mol. The average molecular weight is 342 g/mol. The minimum Gasteiger partial charge on any atom is -0.460 e. The van der Waals surface area contributed by atoms with E-state index in [0.717, 1.165) is 6.92 Å². The number of hydrogen-bond acceptors (Lipinski definition) is 8. The first-order valence-electron chi connectivity index (χ1n) is 7.46. The van der Waals surface area contributed by atoms with E-state index in [1.165, 1.54) is 32.1 Å². The van der Waals surface area contributed by atoms with Gasteiger partial charge in [0.05, 0.1) is 0 Å². The molecule has 0 unspecified atom stereocenters. The Kier molecular flexibility index (Phi) is 7.60. The number of aliphatic hydroxyl groups excluding tert-OH is 2. The highest BCUT2D eigenvalue weighted by atomic mass is 16.6. The summed E-state index contributed by atoms with van der Waals surface area (Å²) in [6, 6.07) is 0. The molecule has 1 aliphatic rings. The van der Waals surface area contributed by atoms with Crippen LogP contribution in [-0.2, 0) is 28.6 Å². The predicted octanol–water partition coefficient (Wildman–Crippen LogP) is 0.0194. The molecule has 0 aromatic carbocycles. The highest BCUT2D eigenvalue weighted by Crippen LogP contribution is 2.15. The Hall–Kier alpha value is -2.19. The molecule has 1 aliphatic heterocycles. The lowest BCUT2D eigenvalue weighted by atomic mass is 10.0.